The summed E-state index contributed by atoms with van der Waals surface area (Å²) in [5.74, 6) is 1.44. The Morgan fingerprint density at radius 1 is 1.05 bits per heavy atom. The van der Waals surface area contributed by atoms with Crippen molar-refractivity contribution in [3.8, 4) is 0 Å². The molecule has 108 valence electrons. The number of imidazole rings is 1. The molecule has 0 fully saturated rings. The molecule has 0 radical (unpaired) electrons. The number of nitrogens with zero attached hydrogens (tertiary/aromatic N) is 4. The zero-order chi connectivity index (χ0) is 14.7. The summed E-state index contributed by atoms with van der Waals surface area (Å²) in [6.45, 7) is 0.856. The standard InChI is InChI=1S/C14H16N6S/c15-10-2-4-11(5-3-10)21-7-1-6-20-9-19-12-13(16)17-8-18-14(12)20/h2-5,8-9H,1,6-7,15H2,(H2,16,17,18). The van der Waals surface area contributed by atoms with Gasteiger partial charge in [0.25, 0.3) is 0 Å². The van der Waals surface area contributed by atoms with E-state index in [1.807, 2.05) is 40.6 Å². The number of anilines is 2. The van der Waals surface area contributed by atoms with Crippen LogP contribution in [0.2, 0.25) is 0 Å². The monoisotopic (exact) mass is 300 g/mol. The summed E-state index contributed by atoms with van der Waals surface area (Å²) >= 11 is 1.81. The van der Waals surface area contributed by atoms with Crippen molar-refractivity contribution in [1.82, 2.24) is 19.5 Å². The van der Waals surface area contributed by atoms with Gasteiger partial charge in [-0.25, -0.2) is 15.0 Å². The molecule has 0 saturated carbocycles. The molecular formula is C14H16N6S. The number of rotatable bonds is 5. The molecule has 0 spiro atoms. The highest BCUT2D eigenvalue weighted by Crippen LogP contribution is 2.21. The number of aryl methyl sites for hydroxylation is 1. The summed E-state index contributed by atoms with van der Waals surface area (Å²) in [7, 11) is 0. The van der Waals surface area contributed by atoms with Gasteiger partial charge in [-0.05, 0) is 36.4 Å². The molecule has 0 atom stereocenters. The summed E-state index contributed by atoms with van der Waals surface area (Å²) in [4.78, 5) is 13.7. The van der Waals surface area contributed by atoms with E-state index in [-0.39, 0.29) is 0 Å². The Balaban J connectivity index is 1.57. The number of nitrogens with two attached hydrogens (primary N) is 2. The Morgan fingerprint density at radius 3 is 2.67 bits per heavy atom. The van der Waals surface area contributed by atoms with E-state index in [1.165, 1.54) is 11.2 Å². The van der Waals surface area contributed by atoms with Gasteiger partial charge >= 0.3 is 0 Å². The highest BCUT2D eigenvalue weighted by Gasteiger charge is 2.07. The minimum absolute atomic E-state index is 0.426. The topological polar surface area (TPSA) is 95.6 Å². The second-order valence-electron chi connectivity index (χ2n) is 4.64. The Bertz CT molecular complexity index is 737. The van der Waals surface area contributed by atoms with Gasteiger partial charge in [-0.1, -0.05) is 0 Å². The number of aromatic nitrogens is 4. The van der Waals surface area contributed by atoms with Crippen molar-refractivity contribution in [2.75, 3.05) is 17.2 Å². The Labute approximate surface area is 126 Å². The molecule has 0 aliphatic heterocycles. The number of fused-ring (bicyclic) bond motifs is 1. The summed E-state index contributed by atoms with van der Waals surface area (Å²) in [5.41, 5.74) is 13.7. The van der Waals surface area contributed by atoms with Crippen LogP contribution in [0.1, 0.15) is 6.42 Å². The highest BCUT2D eigenvalue weighted by molar-refractivity contribution is 7.99. The van der Waals surface area contributed by atoms with Gasteiger partial charge in [-0.3, -0.25) is 0 Å². The van der Waals surface area contributed by atoms with Gasteiger partial charge in [0, 0.05) is 17.1 Å². The second-order valence-corrected chi connectivity index (χ2v) is 5.81. The molecule has 2 aromatic heterocycles. The first-order chi connectivity index (χ1) is 10.2. The van der Waals surface area contributed by atoms with Crippen LogP contribution in [-0.4, -0.2) is 25.3 Å². The van der Waals surface area contributed by atoms with Gasteiger partial charge in [0.1, 0.15) is 11.8 Å². The predicted molar refractivity (Wildman–Crippen MR) is 85.9 cm³/mol. The van der Waals surface area contributed by atoms with E-state index in [9.17, 15) is 0 Å². The maximum Gasteiger partial charge on any atom is 0.165 e. The molecular weight excluding hydrogens is 284 g/mol. The van der Waals surface area contributed by atoms with Gasteiger partial charge in [-0.2, -0.15) is 0 Å². The molecule has 0 bridgehead atoms. The minimum atomic E-state index is 0.426. The first-order valence-electron chi connectivity index (χ1n) is 6.63. The second kappa shape index (κ2) is 6.01. The van der Waals surface area contributed by atoms with E-state index in [4.69, 9.17) is 11.5 Å². The lowest BCUT2D eigenvalue weighted by Crippen LogP contribution is -2.00. The average Bonchev–Trinajstić information content (AvgIpc) is 2.90. The van der Waals surface area contributed by atoms with Crippen LogP contribution in [0.3, 0.4) is 0 Å². The van der Waals surface area contributed by atoms with Gasteiger partial charge in [0.05, 0.1) is 6.33 Å². The number of thioether (sulfide) groups is 1. The van der Waals surface area contributed by atoms with E-state index in [0.717, 1.165) is 30.1 Å². The molecule has 2 heterocycles. The van der Waals surface area contributed by atoms with E-state index in [0.29, 0.717) is 11.3 Å². The maximum atomic E-state index is 5.77. The number of nitrogen functional groups attached to an aromatic ring is 2. The lowest BCUT2D eigenvalue weighted by Gasteiger charge is -2.04. The van der Waals surface area contributed by atoms with Gasteiger partial charge < -0.3 is 16.0 Å². The predicted octanol–water partition coefficient (Wildman–Crippen LogP) is 2.17. The van der Waals surface area contributed by atoms with E-state index < -0.39 is 0 Å². The van der Waals surface area contributed by atoms with Crippen LogP contribution in [0, 0.1) is 0 Å². The largest absolute Gasteiger partial charge is 0.399 e. The van der Waals surface area contributed by atoms with Crippen molar-refractivity contribution < 1.29 is 0 Å². The number of hydrogen-bond donors (Lipinski definition) is 2. The Morgan fingerprint density at radius 2 is 1.86 bits per heavy atom. The summed E-state index contributed by atoms with van der Waals surface area (Å²) < 4.78 is 2.01. The normalized spacial score (nSPS) is 11.0. The highest BCUT2D eigenvalue weighted by atomic mass is 32.2. The average molecular weight is 300 g/mol. The van der Waals surface area contributed by atoms with Crippen LogP contribution < -0.4 is 11.5 Å². The first-order valence-corrected chi connectivity index (χ1v) is 7.62. The molecule has 7 heteroatoms. The van der Waals surface area contributed by atoms with Crippen molar-refractivity contribution in [1.29, 1.82) is 0 Å². The molecule has 6 nitrogen and oxygen atoms in total. The summed E-state index contributed by atoms with van der Waals surface area (Å²) in [5, 5.41) is 0. The van der Waals surface area contributed by atoms with Gasteiger partial charge in [0.2, 0.25) is 0 Å². The number of benzene rings is 1. The van der Waals surface area contributed by atoms with Crippen LogP contribution in [0.25, 0.3) is 11.2 Å². The Kier molecular flexibility index (Phi) is 3.92. The van der Waals surface area contributed by atoms with Crippen molar-refractivity contribution in [2.45, 2.75) is 17.9 Å². The van der Waals surface area contributed by atoms with Crippen LogP contribution in [0.4, 0.5) is 11.5 Å². The summed E-state index contributed by atoms with van der Waals surface area (Å²) in [6, 6.07) is 7.93. The lowest BCUT2D eigenvalue weighted by molar-refractivity contribution is 0.696. The fourth-order valence-corrected chi connectivity index (χ4v) is 2.89. The first kappa shape index (κ1) is 13.7. The van der Waals surface area contributed by atoms with Crippen LogP contribution in [0.5, 0.6) is 0 Å². The third-order valence-corrected chi connectivity index (χ3v) is 4.22. The molecule has 1 aromatic carbocycles. The van der Waals surface area contributed by atoms with E-state index >= 15 is 0 Å². The maximum absolute atomic E-state index is 5.77. The van der Waals surface area contributed by atoms with Crippen LogP contribution in [-0.2, 0) is 6.54 Å². The third kappa shape index (κ3) is 3.08. The van der Waals surface area contributed by atoms with Gasteiger partial charge in [-0.15, -0.1) is 11.8 Å². The van der Waals surface area contributed by atoms with Crippen LogP contribution in [0.15, 0.2) is 41.8 Å². The molecule has 4 N–H and O–H groups in total. The molecule has 0 aliphatic rings. The molecule has 0 saturated heterocycles. The minimum Gasteiger partial charge on any atom is -0.399 e. The molecule has 3 rings (SSSR count). The summed E-state index contributed by atoms with van der Waals surface area (Å²) in [6.07, 6.45) is 4.26. The van der Waals surface area contributed by atoms with Crippen molar-refractivity contribution in [2.24, 2.45) is 0 Å². The fraction of sp³-hybridized carbons (Fsp3) is 0.214. The third-order valence-electron chi connectivity index (χ3n) is 3.12. The molecule has 0 unspecified atom stereocenters. The zero-order valence-electron chi connectivity index (χ0n) is 11.4. The van der Waals surface area contributed by atoms with Crippen molar-refractivity contribution in [3.63, 3.8) is 0 Å². The smallest absolute Gasteiger partial charge is 0.165 e. The molecule has 21 heavy (non-hydrogen) atoms. The lowest BCUT2D eigenvalue weighted by atomic mass is 10.3. The van der Waals surface area contributed by atoms with E-state index in [1.54, 1.807) is 6.33 Å². The van der Waals surface area contributed by atoms with Crippen molar-refractivity contribution >= 4 is 34.4 Å². The number of hydrogen-bond acceptors (Lipinski definition) is 6. The molecule has 0 amide bonds. The van der Waals surface area contributed by atoms with Gasteiger partial charge in [0.15, 0.2) is 11.5 Å². The SMILES string of the molecule is Nc1ccc(SCCCn2cnc3c(N)ncnc32)cc1. The molecule has 0 aliphatic carbocycles. The van der Waals surface area contributed by atoms with Crippen LogP contribution >= 0.6 is 11.8 Å². The Hall–Kier alpha value is -2.28. The fourth-order valence-electron chi connectivity index (χ4n) is 2.05. The van der Waals surface area contributed by atoms with Crippen molar-refractivity contribution in [3.05, 3.63) is 36.9 Å². The van der Waals surface area contributed by atoms with E-state index in [2.05, 4.69) is 15.0 Å². The quantitative estimate of drug-likeness (QED) is 0.426. The zero-order valence-corrected chi connectivity index (χ0v) is 12.3. The molecule has 3 aromatic rings.